The van der Waals surface area contributed by atoms with Crippen molar-refractivity contribution in [2.75, 3.05) is 18.6 Å². The van der Waals surface area contributed by atoms with Gasteiger partial charge in [-0.25, -0.2) is 4.79 Å². The summed E-state index contributed by atoms with van der Waals surface area (Å²) in [5.41, 5.74) is 6.92. The highest BCUT2D eigenvalue weighted by Gasteiger charge is 2.26. The minimum atomic E-state index is -1.13. The quantitative estimate of drug-likeness (QED) is 0.268. The van der Waals surface area contributed by atoms with Crippen LogP contribution in [0.2, 0.25) is 0 Å². The fourth-order valence-corrected chi connectivity index (χ4v) is 3.44. The Balaban J connectivity index is 2.64. The molecule has 0 aliphatic rings. The molecule has 1 aromatic carbocycles. The zero-order chi connectivity index (χ0) is 24.1. The summed E-state index contributed by atoms with van der Waals surface area (Å²) < 4.78 is 0. The summed E-state index contributed by atoms with van der Waals surface area (Å²) in [5.74, 6) is -2.03. The third kappa shape index (κ3) is 10.6. The summed E-state index contributed by atoms with van der Waals surface area (Å²) in [6.07, 6.45) is 2.82. The van der Waals surface area contributed by atoms with Crippen LogP contribution in [-0.2, 0) is 25.6 Å². The Morgan fingerprint density at radius 3 is 2.25 bits per heavy atom. The van der Waals surface area contributed by atoms with Crippen molar-refractivity contribution in [2.45, 2.75) is 51.2 Å². The minimum absolute atomic E-state index is 0.105. The molecule has 32 heavy (non-hydrogen) atoms. The molecule has 3 unspecified atom stereocenters. The van der Waals surface area contributed by atoms with Crippen molar-refractivity contribution in [2.24, 2.45) is 11.7 Å². The monoisotopic (exact) mass is 466 g/mol. The SMILES string of the molecule is CSCCC(NC(=O)CNC(=O)C(CC(C)C)NC(=O)C(N)Cc1ccccc1)C(=O)O. The van der Waals surface area contributed by atoms with Crippen LogP contribution in [0.1, 0.15) is 32.3 Å². The van der Waals surface area contributed by atoms with Crippen molar-refractivity contribution in [3.05, 3.63) is 35.9 Å². The molecular formula is C22H34N4O5S. The first kappa shape index (κ1) is 27.4. The van der Waals surface area contributed by atoms with Gasteiger partial charge in [0.15, 0.2) is 0 Å². The molecular weight excluding hydrogens is 432 g/mol. The van der Waals surface area contributed by atoms with Gasteiger partial charge in [0, 0.05) is 0 Å². The number of hydrogen-bond donors (Lipinski definition) is 5. The van der Waals surface area contributed by atoms with Gasteiger partial charge in [-0.1, -0.05) is 44.2 Å². The van der Waals surface area contributed by atoms with E-state index in [0.29, 0.717) is 18.6 Å². The summed E-state index contributed by atoms with van der Waals surface area (Å²) in [4.78, 5) is 48.5. The lowest BCUT2D eigenvalue weighted by Crippen LogP contribution is -2.54. The summed E-state index contributed by atoms with van der Waals surface area (Å²) in [6.45, 7) is 3.43. The first-order valence-electron chi connectivity index (χ1n) is 10.5. The molecule has 0 fully saturated rings. The molecule has 6 N–H and O–H groups in total. The Bertz CT molecular complexity index is 760. The number of carbonyl (C=O) groups excluding carboxylic acids is 3. The van der Waals surface area contributed by atoms with Gasteiger partial charge < -0.3 is 26.8 Å². The number of carboxylic acid groups (broad SMARTS) is 1. The number of thioether (sulfide) groups is 1. The van der Waals surface area contributed by atoms with E-state index >= 15 is 0 Å². The molecule has 0 aromatic heterocycles. The van der Waals surface area contributed by atoms with E-state index in [9.17, 15) is 24.3 Å². The maximum absolute atomic E-state index is 12.6. The Hall–Kier alpha value is -2.59. The Kier molecular flexibility index (Phi) is 12.4. The third-order valence-corrected chi connectivity index (χ3v) is 5.29. The molecule has 1 aromatic rings. The topological polar surface area (TPSA) is 151 Å². The van der Waals surface area contributed by atoms with Gasteiger partial charge in [0.25, 0.3) is 0 Å². The van der Waals surface area contributed by atoms with Gasteiger partial charge in [0.05, 0.1) is 12.6 Å². The Morgan fingerprint density at radius 1 is 1.03 bits per heavy atom. The van der Waals surface area contributed by atoms with Crippen molar-refractivity contribution in [3.8, 4) is 0 Å². The van der Waals surface area contributed by atoms with Crippen molar-refractivity contribution in [1.82, 2.24) is 16.0 Å². The van der Waals surface area contributed by atoms with E-state index in [2.05, 4.69) is 16.0 Å². The van der Waals surface area contributed by atoms with Gasteiger partial charge in [-0.15, -0.1) is 0 Å². The van der Waals surface area contributed by atoms with Gasteiger partial charge in [-0.05, 0) is 42.8 Å². The van der Waals surface area contributed by atoms with E-state index in [0.717, 1.165) is 5.56 Å². The number of benzene rings is 1. The summed E-state index contributed by atoms with van der Waals surface area (Å²) in [5, 5.41) is 16.8. The molecule has 178 valence electrons. The second kappa shape index (κ2) is 14.5. The fourth-order valence-electron chi connectivity index (χ4n) is 2.97. The number of hydrogen-bond acceptors (Lipinski definition) is 6. The number of rotatable bonds is 14. The van der Waals surface area contributed by atoms with E-state index in [-0.39, 0.29) is 18.9 Å². The molecule has 9 nitrogen and oxygen atoms in total. The van der Waals surface area contributed by atoms with Crippen LogP contribution in [0.4, 0.5) is 0 Å². The lowest BCUT2D eigenvalue weighted by atomic mass is 10.0. The molecule has 1 rings (SSSR count). The lowest BCUT2D eigenvalue weighted by Gasteiger charge is -2.22. The zero-order valence-corrected chi connectivity index (χ0v) is 19.6. The van der Waals surface area contributed by atoms with Gasteiger partial charge in [-0.2, -0.15) is 11.8 Å². The highest BCUT2D eigenvalue weighted by atomic mass is 32.2. The molecule has 0 radical (unpaired) electrons. The average molecular weight is 467 g/mol. The lowest BCUT2D eigenvalue weighted by molar-refractivity contribution is -0.141. The van der Waals surface area contributed by atoms with E-state index < -0.39 is 41.8 Å². The standard InChI is InChI=1S/C22H34N4O5S/c1-14(2)11-18(26-20(28)16(23)12-15-7-5-4-6-8-15)21(29)24-13-19(27)25-17(22(30)31)9-10-32-3/h4-8,14,16-18H,9-13,23H2,1-3H3,(H,24,29)(H,25,27)(H,26,28)(H,30,31). The summed E-state index contributed by atoms with van der Waals surface area (Å²) in [6, 6.07) is 6.62. The molecule has 3 atom stereocenters. The molecule has 0 bridgehead atoms. The van der Waals surface area contributed by atoms with Crippen LogP contribution >= 0.6 is 11.8 Å². The largest absolute Gasteiger partial charge is 0.480 e. The highest BCUT2D eigenvalue weighted by Crippen LogP contribution is 2.07. The molecule has 0 aliphatic heterocycles. The highest BCUT2D eigenvalue weighted by molar-refractivity contribution is 7.98. The van der Waals surface area contributed by atoms with Crippen LogP contribution in [0.5, 0.6) is 0 Å². The van der Waals surface area contributed by atoms with Crippen LogP contribution in [-0.4, -0.2) is 65.5 Å². The molecule has 0 heterocycles. The third-order valence-electron chi connectivity index (χ3n) is 4.64. The van der Waals surface area contributed by atoms with E-state index in [1.807, 2.05) is 50.4 Å². The number of carbonyl (C=O) groups is 4. The van der Waals surface area contributed by atoms with Gasteiger partial charge in [0.2, 0.25) is 17.7 Å². The Morgan fingerprint density at radius 2 is 1.69 bits per heavy atom. The number of amides is 3. The summed E-state index contributed by atoms with van der Waals surface area (Å²) in [7, 11) is 0. The smallest absolute Gasteiger partial charge is 0.326 e. The molecule has 0 saturated heterocycles. The predicted octanol–water partition coefficient (Wildman–Crippen LogP) is 0.526. The van der Waals surface area contributed by atoms with Crippen LogP contribution in [0.3, 0.4) is 0 Å². The van der Waals surface area contributed by atoms with Crippen molar-refractivity contribution in [3.63, 3.8) is 0 Å². The van der Waals surface area contributed by atoms with E-state index in [1.165, 1.54) is 11.8 Å². The van der Waals surface area contributed by atoms with E-state index in [1.54, 1.807) is 0 Å². The fraction of sp³-hybridized carbons (Fsp3) is 0.545. The second-order valence-corrected chi connectivity index (χ2v) is 8.93. The second-order valence-electron chi connectivity index (χ2n) is 7.94. The number of nitrogens with one attached hydrogen (secondary N) is 3. The number of carboxylic acids is 1. The van der Waals surface area contributed by atoms with E-state index in [4.69, 9.17) is 5.73 Å². The zero-order valence-electron chi connectivity index (χ0n) is 18.8. The van der Waals surface area contributed by atoms with Crippen LogP contribution < -0.4 is 21.7 Å². The average Bonchev–Trinajstić information content (AvgIpc) is 2.74. The van der Waals surface area contributed by atoms with Gasteiger partial charge in [-0.3, -0.25) is 14.4 Å². The first-order valence-corrected chi connectivity index (χ1v) is 11.9. The van der Waals surface area contributed by atoms with Crippen LogP contribution in [0, 0.1) is 5.92 Å². The maximum Gasteiger partial charge on any atom is 0.326 e. The van der Waals surface area contributed by atoms with Crippen molar-refractivity contribution < 1.29 is 24.3 Å². The number of aliphatic carboxylic acids is 1. The molecule has 0 spiro atoms. The van der Waals surface area contributed by atoms with Crippen LogP contribution in [0.25, 0.3) is 0 Å². The van der Waals surface area contributed by atoms with Crippen molar-refractivity contribution >= 4 is 35.5 Å². The van der Waals surface area contributed by atoms with Crippen molar-refractivity contribution in [1.29, 1.82) is 0 Å². The minimum Gasteiger partial charge on any atom is -0.480 e. The molecule has 0 aliphatic carbocycles. The Labute approximate surface area is 193 Å². The normalized spacial score (nSPS) is 13.7. The van der Waals surface area contributed by atoms with Gasteiger partial charge in [0.1, 0.15) is 12.1 Å². The summed E-state index contributed by atoms with van der Waals surface area (Å²) >= 11 is 1.48. The number of nitrogens with two attached hydrogens (primary N) is 1. The maximum atomic E-state index is 12.6. The molecule has 0 saturated carbocycles. The van der Waals surface area contributed by atoms with Gasteiger partial charge >= 0.3 is 5.97 Å². The molecule has 3 amide bonds. The predicted molar refractivity (Wildman–Crippen MR) is 125 cm³/mol. The molecule has 10 heteroatoms. The first-order chi connectivity index (χ1) is 15.1. The van der Waals surface area contributed by atoms with Crippen LogP contribution in [0.15, 0.2) is 30.3 Å².